The van der Waals surface area contributed by atoms with Crippen molar-refractivity contribution in [1.82, 2.24) is 14.8 Å². The van der Waals surface area contributed by atoms with Crippen molar-refractivity contribution < 1.29 is 23.0 Å². The summed E-state index contributed by atoms with van der Waals surface area (Å²) in [7, 11) is 0. The van der Waals surface area contributed by atoms with Crippen molar-refractivity contribution >= 4 is 16.9 Å². The Hall–Kier alpha value is -2.52. The molecule has 1 aromatic heterocycles. The summed E-state index contributed by atoms with van der Waals surface area (Å²) in [5.41, 5.74) is 0.455. The van der Waals surface area contributed by atoms with E-state index in [0.717, 1.165) is 45.4 Å². The minimum absolute atomic E-state index is 0.0329. The molecule has 1 saturated carbocycles. The molecule has 2 saturated heterocycles. The second-order valence-electron chi connectivity index (χ2n) is 8.77. The van der Waals surface area contributed by atoms with Gasteiger partial charge < -0.3 is 19.4 Å². The smallest absolute Gasteiger partial charge is 0.387 e. The topological polar surface area (TPSA) is 72.8 Å². The van der Waals surface area contributed by atoms with Crippen LogP contribution in [0.4, 0.5) is 8.78 Å². The quantitative estimate of drug-likeness (QED) is 0.687. The van der Waals surface area contributed by atoms with Crippen LogP contribution in [0.2, 0.25) is 0 Å². The number of nitrogens with zero attached hydrogens (tertiary/aromatic N) is 2. The largest absolute Gasteiger partial charge is 0.462 e. The molecule has 0 bridgehead atoms. The SMILES string of the molecule is CCOC(=O)c1cn(C2CC2)c2c(OC(F)F)c(C3CC4CNCCN4C3)ccc2c1=O. The van der Waals surface area contributed by atoms with Crippen molar-refractivity contribution in [3.05, 3.63) is 39.7 Å². The summed E-state index contributed by atoms with van der Waals surface area (Å²) in [5.74, 6) is -0.602. The lowest BCUT2D eigenvalue weighted by Crippen LogP contribution is -2.47. The highest BCUT2D eigenvalue weighted by Crippen LogP contribution is 2.44. The van der Waals surface area contributed by atoms with Crippen molar-refractivity contribution in [2.45, 2.75) is 50.8 Å². The first kappa shape index (κ1) is 21.3. The molecule has 0 spiro atoms. The van der Waals surface area contributed by atoms with Crippen LogP contribution in [-0.4, -0.2) is 60.9 Å². The number of nitrogens with one attached hydrogen (secondary N) is 1. The van der Waals surface area contributed by atoms with Gasteiger partial charge >= 0.3 is 12.6 Å². The van der Waals surface area contributed by atoms with Gasteiger partial charge in [0.25, 0.3) is 0 Å². The number of alkyl halides is 2. The molecule has 5 rings (SSSR count). The summed E-state index contributed by atoms with van der Waals surface area (Å²) < 4.78 is 39.1. The molecule has 1 aromatic carbocycles. The Bertz CT molecular complexity index is 1080. The summed E-state index contributed by atoms with van der Waals surface area (Å²) in [5, 5.41) is 3.60. The van der Waals surface area contributed by atoms with Gasteiger partial charge in [-0.3, -0.25) is 9.69 Å². The minimum Gasteiger partial charge on any atom is -0.462 e. The van der Waals surface area contributed by atoms with Crippen molar-refractivity contribution in [3.8, 4) is 5.75 Å². The molecule has 9 heteroatoms. The monoisotopic (exact) mass is 447 g/mol. The Kier molecular flexibility index (Phi) is 5.63. The number of fused-ring (bicyclic) bond motifs is 2. The van der Waals surface area contributed by atoms with Crippen LogP contribution < -0.4 is 15.5 Å². The lowest BCUT2D eigenvalue weighted by atomic mass is 9.93. The van der Waals surface area contributed by atoms with Crippen LogP contribution in [0, 0.1) is 0 Å². The first-order valence-electron chi connectivity index (χ1n) is 11.3. The number of hydrogen-bond donors (Lipinski definition) is 1. The summed E-state index contributed by atoms with van der Waals surface area (Å²) in [6.45, 7) is 2.29. The third-order valence-electron chi connectivity index (χ3n) is 6.74. The second-order valence-corrected chi connectivity index (χ2v) is 8.77. The van der Waals surface area contributed by atoms with Crippen LogP contribution in [-0.2, 0) is 4.74 Å². The molecule has 2 atom stereocenters. The number of rotatable bonds is 6. The zero-order valence-electron chi connectivity index (χ0n) is 18.0. The number of ether oxygens (including phenoxy) is 2. The van der Waals surface area contributed by atoms with E-state index in [2.05, 4.69) is 10.2 Å². The van der Waals surface area contributed by atoms with Crippen LogP contribution >= 0.6 is 0 Å². The third-order valence-corrected chi connectivity index (χ3v) is 6.74. The first-order valence-corrected chi connectivity index (χ1v) is 11.3. The zero-order valence-corrected chi connectivity index (χ0v) is 18.0. The molecular weight excluding hydrogens is 420 g/mol. The molecule has 3 fully saturated rings. The Balaban J connectivity index is 1.68. The average Bonchev–Trinajstić information content (AvgIpc) is 3.52. The van der Waals surface area contributed by atoms with Gasteiger partial charge in [-0.2, -0.15) is 8.78 Å². The predicted octanol–water partition coefficient (Wildman–Crippen LogP) is 2.88. The van der Waals surface area contributed by atoms with E-state index in [1.165, 1.54) is 6.20 Å². The van der Waals surface area contributed by atoms with Crippen molar-refractivity contribution in [2.24, 2.45) is 0 Å². The number of hydrogen-bond acceptors (Lipinski definition) is 6. The number of benzene rings is 1. The number of piperazine rings is 1. The number of esters is 1. The lowest BCUT2D eigenvalue weighted by molar-refractivity contribution is -0.0498. The highest BCUT2D eigenvalue weighted by Gasteiger charge is 2.37. The summed E-state index contributed by atoms with van der Waals surface area (Å²) in [6, 6.07) is 3.79. The molecule has 7 nitrogen and oxygen atoms in total. The number of aromatic nitrogens is 1. The Morgan fingerprint density at radius 3 is 2.78 bits per heavy atom. The van der Waals surface area contributed by atoms with Gasteiger partial charge in [0, 0.05) is 55.9 Å². The maximum Gasteiger partial charge on any atom is 0.387 e. The predicted molar refractivity (Wildman–Crippen MR) is 115 cm³/mol. The van der Waals surface area contributed by atoms with Crippen molar-refractivity contribution in [1.29, 1.82) is 0 Å². The summed E-state index contributed by atoms with van der Waals surface area (Å²) in [6.07, 6.45) is 4.00. The lowest BCUT2D eigenvalue weighted by Gasteiger charge is -2.29. The Morgan fingerprint density at radius 2 is 2.09 bits per heavy atom. The standard InChI is InChI=1S/C23H27F2N3O4/c1-2-31-22(30)18-12-28(14-3-4-14)19-17(20(18)29)6-5-16(21(19)32-23(24)25)13-9-15-10-26-7-8-27(15)11-13/h5-6,12-15,23,26H,2-4,7-11H2,1H3. The van der Waals surface area contributed by atoms with Crippen molar-refractivity contribution in [3.63, 3.8) is 0 Å². The van der Waals surface area contributed by atoms with E-state index in [4.69, 9.17) is 9.47 Å². The van der Waals surface area contributed by atoms with Gasteiger partial charge in [0.2, 0.25) is 5.43 Å². The fraction of sp³-hybridized carbons (Fsp3) is 0.565. The number of carbonyl (C=O) groups is 1. The van der Waals surface area contributed by atoms with E-state index >= 15 is 0 Å². The Labute approximate surface area is 184 Å². The van der Waals surface area contributed by atoms with Crippen LogP contribution in [0.1, 0.15) is 54.1 Å². The van der Waals surface area contributed by atoms with E-state index in [1.807, 2.05) is 0 Å². The highest BCUT2D eigenvalue weighted by atomic mass is 19.3. The van der Waals surface area contributed by atoms with Crippen LogP contribution in [0.15, 0.2) is 23.1 Å². The molecule has 2 aromatic rings. The van der Waals surface area contributed by atoms with Gasteiger partial charge in [-0.25, -0.2) is 4.79 Å². The van der Waals surface area contributed by atoms with Crippen molar-refractivity contribution in [2.75, 3.05) is 32.8 Å². The molecule has 32 heavy (non-hydrogen) atoms. The fourth-order valence-corrected chi connectivity index (χ4v) is 5.15. The number of pyridine rings is 1. The summed E-state index contributed by atoms with van der Waals surface area (Å²) in [4.78, 5) is 27.9. The van der Waals surface area contributed by atoms with Gasteiger partial charge in [0.05, 0.1) is 17.5 Å². The molecule has 2 aliphatic heterocycles. The number of halogens is 2. The van der Waals surface area contributed by atoms with E-state index in [1.54, 1.807) is 23.6 Å². The maximum absolute atomic E-state index is 13.6. The highest BCUT2D eigenvalue weighted by molar-refractivity contribution is 5.96. The van der Waals surface area contributed by atoms with E-state index in [0.29, 0.717) is 17.1 Å². The van der Waals surface area contributed by atoms with E-state index in [-0.39, 0.29) is 35.3 Å². The number of carbonyl (C=O) groups excluding carboxylic acids is 1. The first-order chi connectivity index (χ1) is 15.5. The van der Waals surface area contributed by atoms with Crippen LogP contribution in [0.3, 0.4) is 0 Å². The molecule has 2 unspecified atom stereocenters. The molecule has 0 amide bonds. The molecule has 0 radical (unpaired) electrons. The third kappa shape index (κ3) is 3.77. The van der Waals surface area contributed by atoms with Gasteiger partial charge in [0.1, 0.15) is 5.56 Å². The molecule has 3 heterocycles. The summed E-state index contributed by atoms with van der Waals surface area (Å²) >= 11 is 0. The molecule has 3 aliphatic rings. The average molecular weight is 447 g/mol. The Morgan fingerprint density at radius 1 is 1.28 bits per heavy atom. The van der Waals surface area contributed by atoms with Gasteiger partial charge in [0.15, 0.2) is 5.75 Å². The molecule has 1 aliphatic carbocycles. The minimum atomic E-state index is -3.02. The van der Waals surface area contributed by atoms with Crippen LogP contribution in [0.5, 0.6) is 5.75 Å². The molecule has 172 valence electrons. The normalized spacial score (nSPS) is 23.5. The maximum atomic E-state index is 13.6. The van der Waals surface area contributed by atoms with E-state index < -0.39 is 18.0 Å². The fourth-order valence-electron chi connectivity index (χ4n) is 5.15. The van der Waals surface area contributed by atoms with Crippen LogP contribution in [0.25, 0.3) is 10.9 Å². The van der Waals surface area contributed by atoms with Gasteiger partial charge in [-0.1, -0.05) is 6.07 Å². The second kappa shape index (κ2) is 8.44. The van der Waals surface area contributed by atoms with Gasteiger partial charge in [-0.05, 0) is 32.3 Å². The van der Waals surface area contributed by atoms with E-state index in [9.17, 15) is 18.4 Å². The molecular formula is C23H27F2N3O4. The molecule has 1 N–H and O–H groups in total. The van der Waals surface area contributed by atoms with Gasteiger partial charge in [-0.15, -0.1) is 0 Å². The zero-order chi connectivity index (χ0) is 22.4.